The third-order valence-electron chi connectivity index (χ3n) is 4.90. The van der Waals surface area contributed by atoms with Crippen molar-refractivity contribution in [3.8, 4) is 5.75 Å². The molecule has 0 aromatic heterocycles. The first-order valence-electron chi connectivity index (χ1n) is 9.40. The summed E-state index contributed by atoms with van der Waals surface area (Å²) in [5.74, 6) is 0.0883. The van der Waals surface area contributed by atoms with E-state index in [1.54, 1.807) is 4.90 Å². The van der Waals surface area contributed by atoms with Gasteiger partial charge in [0.2, 0.25) is 10.0 Å². The van der Waals surface area contributed by atoms with E-state index in [0.717, 1.165) is 11.1 Å². The van der Waals surface area contributed by atoms with E-state index in [-0.39, 0.29) is 22.9 Å². The number of carbonyl (C=O) groups excluding carboxylic acids is 1. The Morgan fingerprint density at radius 1 is 1.17 bits per heavy atom. The van der Waals surface area contributed by atoms with Crippen LogP contribution >= 0.6 is 0 Å². The second-order valence-electron chi connectivity index (χ2n) is 7.02. The van der Waals surface area contributed by atoms with E-state index < -0.39 is 10.0 Å². The Balaban J connectivity index is 1.89. The molecule has 3 rings (SSSR count). The quantitative estimate of drug-likeness (QED) is 0.720. The lowest BCUT2D eigenvalue weighted by Gasteiger charge is -2.27. The predicted molar refractivity (Wildman–Crippen MR) is 110 cm³/mol. The number of sulfonamides is 1. The molecule has 0 saturated carbocycles. The van der Waals surface area contributed by atoms with Crippen molar-refractivity contribution in [3.63, 3.8) is 0 Å². The van der Waals surface area contributed by atoms with Gasteiger partial charge in [-0.25, -0.2) is 8.42 Å². The van der Waals surface area contributed by atoms with Crippen molar-refractivity contribution in [2.24, 2.45) is 0 Å². The van der Waals surface area contributed by atoms with E-state index in [1.807, 2.05) is 31.2 Å². The number of aryl methyl sites for hydroxylation is 1. The van der Waals surface area contributed by atoms with E-state index in [4.69, 9.17) is 9.47 Å². The molecule has 1 aliphatic heterocycles. The molecule has 2 aromatic rings. The number of amides is 1. The number of methoxy groups -OCH3 is 1. The van der Waals surface area contributed by atoms with Gasteiger partial charge in [-0.15, -0.1) is 0 Å². The summed E-state index contributed by atoms with van der Waals surface area (Å²) in [7, 11) is -0.785. The maximum absolute atomic E-state index is 13.1. The maximum atomic E-state index is 13.1. The van der Waals surface area contributed by atoms with Crippen LogP contribution in [0.3, 0.4) is 0 Å². The number of hydrogen-bond acceptors (Lipinski definition) is 5. The van der Waals surface area contributed by atoms with Gasteiger partial charge in [0.05, 0.1) is 30.8 Å². The van der Waals surface area contributed by atoms with Crippen molar-refractivity contribution in [3.05, 3.63) is 59.2 Å². The van der Waals surface area contributed by atoms with Crippen molar-refractivity contribution < 1.29 is 22.7 Å². The van der Waals surface area contributed by atoms with Gasteiger partial charge < -0.3 is 14.4 Å². The van der Waals surface area contributed by atoms with E-state index in [2.05, 4.69) is 0 Å². The molecule has 1 amide bonds. The SMILES string of the molecule is COc1ccc(S(=O)(=O)N(C)Cc2cccc(C)c2)cc1C(=O)N1CCOCC1. The first-order chi connectivity index (χ1) is 13.8. The zero-order valence-electron chi connectivity index (χ0n) is 16.9. The Hall–Kier alpha value is -2.42. The topological polar surface area (TPSA) is 76.2 Å². The molecule has 0 aliphatic carbocycles. The van der Waals surface area contributed by atoms with E-state index in [0.29, 0.717) is 32.1 Å². The number of benzene rings is 2. The Morgan fingerprint density at radius 3 is 2.55 bits per heavy atom. The summed E-state index contributed by atoms with van der Waals surface area (Å²) < 4.78 is 38.1. The molecule has 2 aromatic carbocycles. The molecule has 8 heteroatoms. The molecule has 0 bridgehead atoms. The largest absolute Gasteiger partial charge is 0.496 e. The molecule has 1 aliphatic rings. The molecule has 7 nitrogen and oxygen atoms in total. The lowest BCUT2D eigenvalue weighted by molar-refractivity contribution is 0.0300. The van der Waals surface area contributed by atoms with Crippen LogP contribution in [0.15, 0.2) is 47.4 Å². The highest BCUT2D eigenvalue weighted by molar-refractivity contribution is 7.89. The minimum atomic E-state index is -3.78. The van der Waals surface area contributed by atoms with Gasteiger partial charge in [0.1, 0.15) is 5.75 Å². The molecule has 1 saturated heterocycles. The standard InChI is InChI=1S/C21H26N2O5S/c1-16-5-4-6-17(13-16)15-22(2)29(25,26)18-7-8-20(27-3)19(14-18)21(24)23-9-11-28-12-10-23/h4-8,13-14H,9-12,15H2,1-3H3. The van der Waals surface area contributed by atoms with Gasteiger partial charge >= 0.3 is 0 Å². The lowest BCUT2D eigenvalue weighted by Crippen LogP contribution is -2.40. The fourth-order valence-electron chi connectivity index (χ4n) is 3.28. The third-order valence-corrected chi connectivity index (χ3v) is 6.69. The highest BCUT2D eigenvalue weighted by Crippen LogP contribution is 2.26. The van der Waals surface area contributed by atoms with Crippen LogP contribution in [-0.2, 0) is 21.3 Å². The molecule has 0 N–H and O–H groups in total. The minimum absolute atomic E-state index is 0.0602. The van der Waals surface area contributed by atoms with Gasteiger partial charge in [-0.1, -0.05) is 29.8 Å². The van der Waals surface area contributed by atoms with E-state index in [9.17, 15) is 13.2 Å². The van der Waals surface area contributed by atoms with Gasteiger partial charge in [0.15, 0.2) is 0 Å². The van der Waals surface area contributed by atoms with E-state index in [1.165, 1.54) is 36.7 Å². The van der Waals surface area contributed by atoms with Gasteiger partial charge in [0, 0.05) is 26.7 Å². The van der Waals surface area contributed by atoms with E-state index >= 15 is 0 Å². The second-order valence-corrected chi connectivity index (χ2v) is 9.06. The average Bonchev–Trinajstić information content (AvgIpc) is 2.73. The molecule has 0 spiro atoms. The molecular weight excluding hydrogens is 392 g/mol. The van der Waals surface area contributed by atoms with Gasteiger partial charge in [-0.2, -0.15) is 4.31 Å². The molecule has 0 atom stereocenters. The zero-order valence-corrected chi connectivity index (χ0v) is 17.7. The number of hydrogen-bond donors (Lipinski definition) is 0. The molecule has 1 fully saturated rings. The van der Waals surface area contributed by atoms with Gasteiger partial charge in [0.25, 0.3) is 5.91 Å². The summed E-state index contributed by atoms with van der Waals surface area (Å²) >= 11 is 0. The highest BCUT2D eigenvalue weighted by Gasteiger charge is 2.26. The van der Waals surface area contributed by atoms with Crippen LogP contribution in [0.1, 0.15) is 21.5 Å². The summed E-state index contributed by atoms with van der Waals surface area (Å²) in [6.07, 6.45) is 0. The summed E-state index contributed by atoms with van der Waals surface area (Å²) in [6, 6.07) is 12.1. The van der Waals surface area contributed by atoms with Crippen LogP contribution in [0.4, 0.5) is 0 Å². The number of carbonyl (C=O) groups is 1. The Kier molecular flexibility index (Phi) is 6.56. The Labute approximate surface area is 171 Å². The smallest absolute Gasteiger partial charge is 0.257 e. The van der Waals surface area contributed by atoms with Crippen molar-refractivity contribution in [1.82, 2.24) is 9.21 Å². The van der Waals surface area contributed by atoms with Crippen molar-refractivity contribution >= 4 is 15.9 Å². The number of ether oxygens (including phenoxy) is 2. The van der Waals surface area contributed by atoms with Crippen molar-refractivity contribution in [2.75, 3.05) is 40.5 Å². The molecule has 0 unspecified atom stereocenters. The molecule has 0 radical (unpaired) electrons. The summed E-state index contributed by atoms with van der Waals surface area (Å²) in [6.45, 7) is 4.06. The van der Waals surface area contributed by atoms with Crippen LogP contribution in [0.5, 0.6) is 5.75 Å². The van der Waals surface area contributed by atoms with Crippen LogP contribution in [-0.4, -0.2) is 64.0 Å². The van der Waals surface area contributed by atoms with Gasteiger partial charge in [-0.3, -0.25) is 4.79 Å². The first kappa shape index (κ1) is 21.3. The Morgan fingerprint density at radius 2 is 1.90 bits per heavy atom. The van der Waals surface area contributed by atoms with Crippen LogP contribution in [0, 0.1) is 6.92 Å². The zero-order chi connectivity index (χ0) is 21.0. The highest BCUT2D eigenvalue weighted by atomic mass is 32.2. The molecular formula is C21H26N2O5S. The number of nitrogens with zero attached hydrogens (tertiary/aromatic N) is 2. The first-order valence-corrected chi connectivity index (χ1v) is 10.8. The predicted octanol–water partition coefficient (Wildman–Crippen LogP) is 2.30. The van der Waals surface area contributed by atoms with Crippen LogP contribution in [0.2, 0.25) is 0 Å². The summed E-state index contributed by atoms with van der Waals surface area (Å²) in [5, 5.41) is 0. The van der Waals surface area contributed by atoms with Crippen molar-refractivity contribution in [1.29, 1.82) is 0 Å². The lowest BCUT2D eigenvalue weighted by atomic mass is 10.1. The Bertz CT molecular complexity index is 984. The second kappa shape index (κ2) is 8.94. The average molecular weight is 419 g/mol. The minimum Gasteiger partial charge on any atom is -0.496 e. The fourth-order valence-corrected chi connectivity index (χ4v) is 4.47. The van der Waals surface area contributed by atoms with Crippen LogP contribution < -0.4 is 4.74 Å². The summed E-state index contributed by atoms with van der Waals surface area (Å²) in [5.41, 5.74) is 2.20. The van der Waals surface area contributed by atoms with Crippen molar-refractivity contribution in [2.45, 2.75) is 18.4 Å². The van der Waals surface area contributed by atoms with Gasteiger partial charge in [-0.05, 0) is 30.7 Å². The normalized spacial score (nSPS) is 14.8. The van der Waals surface area contributed by atoms with Crippen LogP contribution in [0.25, 0.3) is 0 Å². The third kappa shape index (κ3) is 4.77. The molecule has 1 heterocycles. The summed E-state index contributed by atoms with van der Waals surface area (Å²) in [4.78, 5) is 14.6. The maximum Gasteiger partial charge on any atom is 0.257 e. The molecule has 29 heavy (non-hydrogen) atoms. The number of rotatable bonds is 6. The monoisotopic (exact) mass is 418 g/mol. The number of morpholine rings is 1. The fraction of sp³-hybridized carbons (Fsp3) is 0.381. The molecule has 156 valence electrons.